The van der Waals surface area contributed by atoms with Crippen LogP contribution in [0.5, 0.6) is 0 Å². The van der Waals surface area contributed by atoms with Gasteiger partial charge in [-0.25, -0.2) is 0 Å². The van der Waals surface area contributed by atoms with E-state index in [9.17, 15) is 9.59 Å². The molecule has 2 amide bonds. The molecule has 0 saturated carbocycles. The topological polar surface area (TPSA) is 108 Å². The zero-order chi connectivity index (χ0) is 17.6. The van der Waals surface area contributed by atoms with Crippen LogP contribution in [-0.2, 0) is 0 Å². The van der Waals surface area contributed by atoms with Gasteiger partial charge in [0.1, 0.15) is 6.26 Å². The first-order valence-electron chi connectivity index (χ1n) is 7.29. The first-order valence-corrected chi connectivity index (χ1v) is 7.29. The maximum atomic E-state index is 12.2. The van der Waals surface area contributed by atoms with E-state index in [2.05, 4.69) is 15.6 Å². The number of nitriles is 1. The molecule has 0 saturated heterocycles. The number of rotatable bonds is 4. The van der Waals surface area contributed by atoms with Crippen molar-refractivity contribution >= 4 is 23.5 Å². The molecule has 2 aromatic carbocycles. The van der Waals surface area contributed by atoms with E-state index in [1.54, 1.807) is 48.5 Å². The first-order chi connectivity index (χ1) is 12.2. The quantitative estimate of drug-likeness (QED) is 0.763. The van der Waals surface area contributed by atoms with Crippen molar-refractivity contribution in [3.63, 3.8) is 0 Å². The molecule has 3 rings (SSSR count). The SMILES string of the molecule is N#Cc1cccc(NC(=O)c2coc(NC(=O)c3ccccc3)n2)c1. The van der Waals surface area contributed by atoms with Crippen molar-refractivity contribution in [2.75, 3.05) is 10.6 Å². The van der Waals surface area contributed by atoms with Crippen molar-refractivity contribution in [3.05, 3.63) is 77.7 Å². The maximum Gasteiger partial charge on any atom is 0.302 e. The molecule has 0 radical (unpaired) electrons. The number of amides is 2. The van der Waals surface area contributed by atoms with Crippen LogP contribution in [0.1, 0.15) is 26.4 Å². The number of anilines is 2. The van der Waals surface area contributed by atoms with Crippen LogP contribution in [0.4, 0.5) is 11.7 Å². The maximum absolute atomic E-state index is 12.2. The van der Waals surface area contributed by atoms with Crippen LogP contribution in [0.15, 0.2) is 65.3 Å². The highest BCUT2D eigenvalue weighted by Crippen LogP contribution is 2.14. The lowest BCUT2D eigenvalue weighted by molar-refractivity contribution is 0.101. The van der Waals surface area contributed by atoms with Crippen molar-refractivity contribution in [2.45, 2.75) is 0 Å². The molecule has 0 spiro atoms. The highest BCUT2D eigenvalue weighted by atomic mass is 16.4. The minimum Gasteiger partial charge on any atom is -0.431 e. The number of hydrogen-bond acceptors (Lipinski definition) is 5. The summed E-state index contributed by atoms with van der Waals surface area (Å²) in [5.74, 6) is -0.907. The first kappa shape index (κ1) is 16.0. The highest BCUT2D eigenvalue weighted by molar-refractivity contribution is 6.05. The van der Waals surface area contributed by atoms with Gasteiger partial charge in [0.2, 0.25) is 0 Å². The molecule has 0 aliphatic heterocycles. The Morgan fingerprint density at radius 1 is 1.00 bits per heavy atom. The molecule has 122 valence electrons. The molecular weight excluding hydrogens is 320 g/mol. The molecule has 7 nitrogen and oxygen atoms in total. The Hall–Kier alpha value is -3.92. The van der Waals surface area contributed by atoms with Crippen LogP contribution >= 0.6 is 0 Å². The fourth-order valence-electron chi connectivity index (χ4n) is 2.06. The summed E-state index contributed by atoms with van der Waals surface area (Å²) in [6.07, 6.45) is 1.14. The fraction of sp³-hybridized carbons (Fsp3) is 0. The van der Waals surface area contributed by atoms with E-state index < -0.39 is 11.8 Å². The summed E-state index contributed by atoms with van der Waals surface area (Å²) in [4.78, 5) is 28.1. The van der Waals surface area contributed by atoms with Gasteiger partial charge in [-0.2, -0.15) is 10.2 Å². The van der Waals surface area contributed by atoms with Gasteiger partial charge >= 0.3 is 6.01 Å². The second-order valence-corrected chi connectivity index (χ2v) is 5.00. The lowest BCUT2D eigenvalue weighted by Gasteiger charge is -2.02. The molecule has 7 heteroatoms. The molecular formula is C18H12N4O3. The summed E-state index contributed by atoms with van der Waals surface area (Å²) >= 11 is 0. The minimum atomic E-state index is -0.515. The predicted molar refractivity (Wildman–Crippen MR) is 90.0 cm³/mol. The summed E-state index contributed by atoms with van der Waals surface area (Å²) < 4.78 is 5.10. The molecule has 2 N–H and O–H groups in total. The van der Waals surface area contributed by atoms with E-state index in [1.807, 2.05) is 6.07 Å². The van der Waals surface area contributed by atoms with Crippen LogP contribution in [0.2, 0.25) is 0 Å². The standard InChI is InChI=1S/C18H12N4O3/c19-10-12-5-4-8-14(9-12)20-17(24)15-11-25-18(21-15)22-16(23)13-6-2-1-3-7-13/h1-9,11H,(H,20,24)(H,21,22,23). The van der Waals surface area contributed by atoms with Crippen molar-refractivity contribution in [1.29, 1.82) is 5.26 Å². The number of nitrogens with zero attached hydrogens (tertiary/aromatic N) is 2. The van der Waals surface area contributed by atoms with Crippen LogP contribution in [0.25, 0.3) is 0 Å². The average Bonchev–Trinajstić information content (AvgIpc) is 3.11. The molecule has 0 atom stereocenters. The third-order valence-corrected chi connectivity index (χ3v) is 3.24. The van der Waals surface area contributed by atoms with Gasteiger partial charge in [-0.3, -0.25) is 14.9 Å². The molecule has 0 aliphatic carbocycles. The third kappa shape index (κ3) is 3.89. The highest BCUT2D eigenvalue weighted by Gasteiger charge is 2.15. The van der Waals surface area contributed by atoms with Crippen molar-refractivity contribution in [2.24, 2.45) is 0 Å². The molecule has 25 heavy (non-hydrogen) atoms. The number of aromatic nitrogens is 1. The van der Waals surface area contributed by atoms with Gasteiger partial charge < -0.3 is 9.73 Å². The van der Waals surface area contributed by atoms with E-state index in [-0.39, 0.29) is 11.7 Å². The minimum absolute atomic E-state index is 0.00530. The molecule has 0 unspecified atom stereocenters. The number of benzene rings is 2. The van der Waals surface area contributed by atoms with Gasteiger partial charge in [-0.1, -0.05) is 24.3 Å². The molecule has 3 aromatic rings. The summed E-state index contributed by atoms with van der Waals surface area (Å²) in [5.41, 5.74) is 1.33. The summed E-state index contributed by atoms with van der Waals surface area (Å²) in [6.45, 7) is 0. The molecule has 0 aliphatic rings. The smallest absolute Gasteiger partial charge is 0.302 e. The van der Waals surface area contributed by atoms with Gasteiger partial charge in [0.05, 0.1) is 11.6 Å². The summed E-state index contributed by atoms with van der Waals surface area (Å²) in [5, 5.41) is 13.9. The number of nitrogens with one attached hydrogen (secondary N) is 2. The van der Waals surface area contributed by atoms with E-state index >= 15 is 0 Å². The zero-order valence-corrected chi connectivity index (χ0v) is 12.9. The fourth-order valence-corrected chi connectivity index (χ4v) is 2.06. The van der Waals surface area contributed by atoms with Crippen molar-refractivity contribution in [1.82, 2.24) is 4.98 Å². The van der Waals surface area contributed by atoms with Crippen LogP contribution < -0.4 is 10.6 Å². The van der Waals surface area contributed by atoms with Crippen molar-refractivity contribution in [3.8, 4) is 6.07 Å². The number of oxazole rings is 1. The number of hydrogen-bond donors (Lipinski definition) is 2. The second kappa shape index (κ2) is 7.10. The van der Waals surface area contributed by atoms with Gasteiger partial charge in [0.15, 0.2) is 5.69 Å². The van der Waals surface area contributed by atoms with E-state index in [0.717, 1.165) is 6.26 Å². The molecule has 1 heterocycles. The largest absolute Gasteiger partial charge is 0.431 e. The van der Waals surface area contributed by atoms with Crippen LogP contribution in [0.3, 0.4) is 0 Å². The Bertz CT molecular complexity index is 958. The monoisotopic (exact) mass is 332 g/mol. The van der Waals surface area contributed by atoms with Gasteiger partial charge in [0, 0.05) is 11.3 Å². The Balaban J connectivity index is 1.67. The van der Waals surface area contributed by atoms with Crippen molar-refractivity contribution < 1.29 is 14.0 Å². The predicted octanol–water partition coefficient (Wildman–Crippen LogP) is 3.05. The van der Waals surface area contributed by atoms with Gasteiger partial charge in [0.25, 0.3) is 11.8 Å². The van der Waals surface area contributed by atoms with Gasteiger partial charge in [-0.15, -0.1) is 0 Å². The summed E-state index contributed by atoms with van der Waals surface area (Å²) in [7, 11) is 0. The second-order valence-electron chi connectivity index (χ2n) is 5.00. The molecule has 1 aromatic heterocycles. The average molecular weight is 332 g/mol. The normalized spacial score (nSPS) is 9.88. The Morgan fingerprint density at radius 3 is 2.56 bits per heavy atom. The Kier molecular flexibility index (Phi) is 4.53. The number of carbonyl (C=O) groups is 2. The van der Waals surface area contributed by atoms with Gasteiger partial charge in [-0.05, 0) is 30.3 Å². The Labute approximate surface area is 142 Å². The lowest BCUT2D eigenvalue weighted by atomic mass is 10.2. The van der Waals surface area contributed by atoms with E-state index in [0.29, 0.717) is 16.8 Å². The summed E-state index contributed by atoms with van der Waals surface area (Å²) in [6, 6.07) is 16.9. The van der Waals surface area contributed by atoms with E-state index in [4.69, 9.17) is 9.68 Å². The molecule has 0 fully saturated rings. The van der Waals surface area contributed by atoms with E-state index in [1.165, 1.54) is 6.07 Å². The van der Waals surface area contributed by atoms with Crippen LogP contribution in [0, 0.1) is 11.3 Å². The third-order valence-electron chi connectivity index (χ3n) is 3.24. The Morgan fingerprint density at radius 2 is 1.80 bits per heavy atom. The van der Waals surface area contributed by atoms with Crippen LogP contribution in [-0.4, -0.2) is 16.8 Å². The zero-order valence-electron chi connectivity index (χ0n) is 12.9. The lowest BCUT2D eigenvalue weighted by Crippen LogP contribution is -2.14. The number of carbonyl (C=O) groups excluding carboxylic acids is 2. The molecule has 0 bridgehead atoms.